The smallest absolute Gasteiger partial charge is 0.321 e. The molecule has 0 bridgehead atoms. The van der Waals surface area contributed by atoms with E-state index in [1.807, 2.05) is 0 Å². The minimum absolute atomic E-state index is 0.374. The van der Waals surface area contributed by atoms with Crippen LogP contribution < -0.4 is 0 Å². The number of carboxylic acid groups (broad SMARTS) is 1. The number of piperidine rings is 1. The van der Waals surface area contributed by atoms with Gasteiger partial charge in [-0.05, 0) is 51.8 Å². The molecular weight excluding hydrogens is 238 g/mol. The molecule has 1 aliphatic rings. The second kappa shape index (κ2) is 6.20. The molecule has 1 N–H and O–H groups in total. The van der Waals surface area contributed by atoms with E-state index in [9.17, 15) is 9.90 Å². The van der Waals surface area contributed by atoms with E-state index in [0.29, 0.717) is 6.42 Å². The summed E-state index contributed by atoms with van der Waals surface area (Å²) in [6.45, 7) is 5.96. The van der Waals surface area contributed by atoms with Crippen molar-refractivity contribution < 1.29 is 9.90 Å². The Hall–Kier alpha value is -1.35. The van der Waals surface area contributed by atoms with Crippen molar-refractivity contribution >= 4 is 5.97 Å². The summed E-state index contributed by atoms with van der Waals surface area (Å²) in [5.41, 5.74) is 3.55. The van der Waals surface area contributed by atoms with Crippen molar-refractivity contribution in [2.45, 2.75) is 45.6 Å². The number of hydrogen-bond donors (Lipinski definition) is 1. The molecule has 3 nitrogen and oxygen atoms in total. The fraction of sp³-hybridized carbons (Fsp3) is 0.562. The van der Waals surface area contributed by atoms with Crippen LogP contribution in [0.25, 0.3) is 0 Å². The van der Waals surface area contributed by atoms with Crippen LogP contribution in [0.15, 0.2) is 18.2 Å². The largest absolute Gasteiger partial charge is 0.480 e. The third-order valence-corrected chi connectivity index (χ3v) is 3.83. The molecule has 2 rings (SSSR count). The number of rotatable bonds is 4. The lowest BCUT2D eigenvalue weighted by atomic mass is 9.99. The van der Waals surface area contributed by atoms with E-state index in [1.54, 1.807) is 0 Å². The average Bonchev–Trinajstić information content (AvgIpc) is 2.35. The summed E-state index contributed by atoms with van der Waals surface area (Å²) in [6, 6.07) is 5.96. The van der Waals surface area contributed by atoms with Gasteiger partial charge in [0.05, 0.1) is 0 Å². The SMILES string of the molecule is Cc1cc(C)cc(C[C@H](C(=O)O)N2CCCCC2)c1. The van der Waals surface area contributed by atoms with Crippen molar-refractivity contribution in [3.05, 3.63) is 34.9 Å². The van der Waals surface area contributed by atoms with Crippen LogP contribution in [-0.2, 0) is 11.2 Å². The van der Waals surface area contributed by atoms with E-state index < -0.39 is 5.97 Å². The molecule has 1 aromatic carbocycles. The van der Waals surface area contributed by atoms with Crippen LogP contribution >= 0.6 is 0 Å². The number of likely N-dealkylation sites (tertiary alicyclic amines) is 1. The molecule has 1 aromatic rings. The third kappa shape index (κ3) is 3.80. The van der Waals surface area contributed by atoms with Gasteiger partial charge in [-0.1, -0.05) is 35.7 Å². The highest BCUT2D eigenvalue weighted by Gasteiger charge is 2.26. The maximum atomic E-state index is 11.5. The van der Waals surface area contributed by atoms with Gasteiger partial charge in [0.1, 0.15) is 6.04 Å². The van der Waals surface area contributed by atoms with Gasteiger partial charge >= 0.3 is 5.97 Å². The summed E-state index contributed by atoms with van der Waals surface area (Å²) >= 11 is 0. The summed E-state index contributed by atoms with van der Waals surface area (Å²) in [7, 11) is 0. The Morgan fingerprint density at radius 2 is 1.74 bits per heavy atom. The van der Waals surface area contributed by atoms with Crippen LogP contribution in [0.4, 0.5) is 0 Å². The van der Waals surface area contributed by atoms with E-state index >= 15 is 0 Å². The molecule has 1 heterocycles. The van der Waals surface area contributed by atoms with Gasteiger partial charge < -0.3 is 5.11 Å². The van der Waals surface area contributed by atoms with Gasteiger partial charge in [-0.15, -0.1) is 0 Å². The Morgan fingerprint density at radius 1 is 1.16 bits per heavy atom. The van der Waals surface area contributed by atoms with Crippen LogP contribution in [0.3, 0.4) is 0 Å². The second-order valence-electron chi connectivity index (χ2n) is 5.65. The molecule has 0 aromatic heterocycles. The minimum Gasteiger partial charge on any atom is -0.480 e. The summed E-state index contributed by atoms with van der Waals surface area (Å²) < 4.78 is 0. The molecule has 3 heteroatoms. The Kier molecular flexibility index (Phi) is 4.59. The predicted molar refractivity (Wildman–Crippen MR) is 76.5 cm³/mol. The van der Waals surface area contributed by atoms with Gasteiger partial charge in [0, 0.05) is 0 Å². The molecule has 1 saturated heterocycles. The summed E-state index contributed by atoms with van der Waals surface area (Å²) in [5.74, 6) is -0.693. The van der Waals surface area contributed by atoms with E-state index in [-0.39, 0.29) is 6.04 Å². The zero-order chi connectivity index (χ0) is 13.8. The lowest BCUT2D eigenvalue weighted by Crippen LogP contribution is -2.45. The van der Waals surface area contributed by atoms with Crippen molar-refractivity contribution in [1.29, 1.82) is 0 Å². The summed E-state index contributed by atoms with van der Waals surface area (Å²) in [4.78, 5) is 13.7. The lowest BCUT2D eigenvalue weighted by molar-refractivity contribution is -0.143. The molecular formula is C16H23NO2. The van der Waals surface area contributed by atoms with Crippen molar-refractivity contribution in [3.8, 4) is 0 Å². The first-order valence-corrected chi connectivity index (χ1v) is 7.10. The highest BCUT2D eigenvalue weighted by atomic mass is 16.4. The zero-order valence-corrected chi connectivity index (χ0v) is 11.9. The molecule has 0 saturated carbocycles. The number of aliphatic carboxylic acids is 1. The van der Waals surface area contributed by atoms with E-state index in [4.69, 9.17) is 0 Å². The van der Waals surface area contributed by atoms with Crippen molar-refractivity contribution in [2.24, 2.45) is 0 Å². The third-order valence-electron chi connectivity index (χ3n) is 3.83. The highest BCUT2D eigenvalue weighted by Crippen LogP contribution is 2.17. The van der Waals surface area contributed by atoms with Gasteiger partial charge in [-0.25, -0.2) is 0 Å². The first kappa shape index (κ1) is 14.1. The fourth-order valence-electron chi connectivity index (χ4n) is 3.01. The topological polar surface area (TPSA) is 40.5 Å². The van der Waals surface area contributed by atoms with Gasteiger partial charge in [0.15, 0.2) is 0 Å². The Bertz CT molecular complexity index is 430. The van der Waals surface area contributed by atoms with E-state index in [2.05, 4.69) is 36.9 Å². The lowest BCUT2D eigenvalue weighted by Gasteiger charge is -2.32. The van der Waals surface area contributed by atoms with Crippen molar-refractivity contribution in [1.82, 2.24) is 4.90 Å². The molecule has 0 unspecified atom stereocenters. The van der Waals surface area contributed by atoms with Gasteiger partial charge in [0.25, 0.3) is 0 Å². The Balaban J connectivity index is 2.13. The molecule has 1 atom stereocenters. The second-order valence-corrected chi connectivity index (χ2v) is 5.65. The molecule has 0 radical (unpaired) electrons. The van der Waals surface area contributed by atoms with Crippen LogP contribution in [0.1, 0.15) is 36.0 Å². The molecule has 0 amide bonds. The minimum atomic E-state index is -0.693. The normalized spacial score (nSPS) is 18.2. The maximum Gasteiger partial charge on any atom is 0.321 e. The molecule has 104 valence electrons. The molecule has 19 heavy (non-hydrogen) atoms. The first-order chi connectivity index (χ1) is 9.06. The Morgan fingerprint density at radius 3 is 2.26 bits per heavy atom. The summed E-state index contributed by atoms with van der Waals surface area (Å²) in [6.07, 6.45) is 4.08. The van der Waals surface area contributed by atoms with Crippen molar-refractivity contribution in [2.75, 3.05) is 13.1 Å². The van der Waals surface area contributed by atoms with Gasteiger partial charge in [0.2, 0.25) is 0 Å². The monoisotopic (exact) mass is 261 g/mol. The highest BCUT2D eigenvalue weighted by molar-refractivity contribution is 5.74. The average molecular weight is 261 g/mol. The van der Waals surface area contributed by atoms with Crippen LogP contribution in [0.2, 0.25) is 0 Å². The Labute approximate surface area is 115 Å². The fourth-order valence-corrected chi connectivity index (χ4v) is 3.01. The van der Waals surface area contributed by atoms with Crippen LogP contribution in [0.5, 0.6) is 0 Å². The molecule has 0 aliphatic carbocycles. The van der Waals surface area contributed by atoms with E-state index in [0.717, 1.165) is 31.5 Å². The predicted octanol–water partition coefficient (Wildman–Crippen LogP) is 2.79. The zero-order valence-electron chi connectivity index (χ0n) is 11.9. The van der Waals surface area contributed by atoms with Crippen molar-refractivity contribution in [3.63, 3.8) is 0 Å². The number of nitrogens with zero attached hydrogens (tertiary/aromatic N) is 1. The summed E-state index contributed by atoms with van der Waals surface area (Å²) in [5, 5.41) is 9.48. The van der Waals surface area contributed by atoms with E-state index in [1.165, 1.54) is 17.5 Å². The number of carboxylic acids is 1. The molecule has 0 spiro atoms. The number of aryl methyl sites for hydroxylation is 2. The van der Waals surface area contributed by atoms with Crippen LogP contribution in [-0.4, -0.2) is 35.1 Å². The van der Waals surface area contributed by atoms with Crippen LogP contribution in [0, 0.1) is 13.8 Å². The quantitative estimate of drug-likeness (QED) is 0.906. The number of hydrogen-bond acceptors (Lipinski definition) is 2. The maximum absolute atomic E-state index is 11.5. The number of benzene rings is 1. The first-order valence-electron chi connectivity index (χ1n) is 7.10. The molecule has 1 fully saturated rings. The number of carbonyl (C=O) groups is 1. The molecule has 1 aliphatic heterocycles. The van der Waals surface area contributed by atoms with Gasteiger partial charge in [-0.3, -0.25) is 9.69 Å². The van der Waals surface area contributed by atoms with Gasteiger partial charge in [-0.2, -0.15) is 0 Å². The standard InChI is InChI=1S/C16H23NO2/c1-12-8-13(2)10-14(9-12)11-15(16(18)19)17-6-4-3-5-7-17/h8-10,15H,3-7,11H2,1-2H3,(H,18,19)/t15-/m1/s1.